The van der Waals surface area contributed by atoms with Crippen LogP contribution in [-0.4, -0.2) is 19.2 Å². The van der Waals surface area contributed by atoms with Gasteiger partial charge in [0.1, 0.15) is 5.75 Å². The van der Waals surface area contributed by atoms with Gasteiger partial charge in [0.05, 0.1) is 30.3 Å². The van der Waals surface area contributed by atoms with Gasteiger partial charge in [-0.2, -0.15) is 10.2 Å². The number of hydrogen-bond acceptors (Lipinski definition) is 7. The molecule has 7 nitrogen and oxygen atoms in total. The topological polar surface area (TPSA) is 96.5 Å². The highest BCUT2D eigenvalue weighted by atomic mass is 16.5. The summed E-state index contributed by atoms with van der Waals surface area (Å²) in [6, 6.07) is 19.0. The van der Waals surface area contributed by atoms with E-state index in [1.165, 1.54) is 25.7 Å². The molecule has 0 atom stereocenters. The molecule has 0 spiro atoms. The third kappa shape index (κ3) is 9.26. The molecule has 0 unspecified atom stereocenters. The second-order valence-electron chi connectivity index (χ2n) is 9.05. The Balaban J connectivity index is 1.29. The average molecular weight is 501 g/mol. The summed E-state index contributed by atoms with van der Waals surface area (Å²) in [4.78, 5) is 11.3. The van der Waals surface area contributed by atoms with Crippen molar-refractivity contribution in [1.82, 2.24) is 0 Å². The Morgan fingerprint density at radius 3 is 1.95 bits per heavy atom. The first kappa shape index (κ1) is 27.7. The van der Waals surface area contributed by atoms with E-state index < -0.39 is 0 Å². The number of ether oxygens (including phenoxy) is 2. The summed E-state index contributed by atoms with van der Waals surface area (Å²) in [6.07, 6.45) is 9.01. The Bertz CT molecular complexity index is 1210. The molecule has 3 aromatic rings. The molecule has 194 valence electrons. The van der Waals surface area contributed by atoms with Crippen molar-refractivity contribution in [1.29, 1.82) is 5.53 Å². The molecule has 37 heavy (non-hydrogen) atoms. The smallest absolute Gasteiger partial charge is 0.333 e. The first-order chi connectivity index (χ1) is 18.1. The molecule has 1 N–H and O–H groups in total. The van der Waals surface area contributed by atoms with Crippen molar-refractivity contribution in [3.05, 3.63) is 72.8 Å². The molecule has 3 aromatic carbocycles. The summed E-state index contributed by atoms with van der Waals surface area (Å²) in [7, 11) is 0. The van der Waals surface area contributed by atoms with Crippen molar-refractivity contribution in [3.8, 4) is 5.75 Å². The summed E-state index contributed by atoms with van der Waals surface area (Å²) in [5, 5.41) is 14.2. The molecule has 0 aliphatic heterocycles. The van der Waals surface area contributed by atoms with E-state index in [0.717, 1.165) is 53.6 Å². The van der Waals surface area contributed by atoms with Crippen LogP contribution in [0, 0.1) is 5.53 Å². The lowest BCUT2D eigenvalue weighted by molar-refractivity contribution is -0.139. The summed E-state index contributed by atoms with van der Waals surface area (Å²) >= 11 is 0. The van der Waals surface area contributed by atoms with Gasteiger partial charge in [-0.25, -0.2) is 10.3 Å². The molecular formula is C30H36N4O3. The molecule has 7 heteroatoms. The number of carbonyl (C=O) groups excluding carboxylic acids is 1. The van der Waals surface area contributed by atoms with Crippen molar-refractivity contribution in [2.24, 2.45) is 15.3 Å². The van der Waals surface area contributed by atoms with Crippen molar-refractivity contribution in [2.75, 3.05) is 13.2 Å². The van der Waals surface area contributed by atoms with Crippen LogP contribution in [0.15, 0.2) is 88.2 Å². The van der Waals surface area contributed by atoms with Crippen LogP contribution in [-0.2, 0) is 9.53 Å². The van der Waals surface area contributed by atoms with Gasteiger partial charge in [0.15, 0.2) is 0 Å². The lowest BCUT2D eigenvalue weighted by Crippen LogP contribution is -2.05. The Labute approximate surface area is 219 Å². The molecular weight excluding hydrogens is 464 g/mol. The van der Waals surface area contributed by atoms with Crippen LogP contribution in [0.5, 0.6) is 5.75 Å². The van der Waals surface area contributed by atoms with Gasteiger partial charge < -0.3 is 9.47 Å². The van der Waals surface area contributed by atoms with Crippen LogP contribution >= 0.6 is 0 Å². The highest BCUT2D eigenvalue weighted by Gasteiger charge is 2.05. The van der Waals surface area contributed by atoms with Crippen LogP contribution in [0.25, 0.3) is 10.8 Å². The van der Waals surface area contributed by atoms with Crippen LogP contribution < -0.4 is 4.74 Å². The number of rotatable bonds is 16. The summed E-state index contributed by atoms with van der Waals surface area (Å²) < 4.78 is 11.0. The number of esters is 1. The van der Waals surface area contributed by atoms with E-state index in [0.29, 0.717) is 24.5 Å². The molecule has 0 radical (unpaired) electrons. The minimum absolute atomic E-state index is 0.294. The van der Waals surface area contributed by atoms with E-state index in [1.54, 1.807) is 13.0 Å². The van der Waals surface area contributed by atoms with Gasteiger partial charge in [-0.15, -0.1) is 5.11 Å². The largest absolute Gasteiger partial charge is 0.494 e. The Hall–Kier alpha value is -3.87. The Morgan fingerprint density at radius 2 is 1.32 bits per heavy atom. The minimum atomic E-state index is -0.294. The first-order valence-electron chi connectivity index (χ1n) is 12.9. The van der Waals surface area contributed by atoms with Crippen LogP contribution in [0.4, 0.5) is 17.1 Å². The summed E-state index contributed by atoms with van der Waals surface area (Å²) in [5.74, 6) is 0.538. The highest BCUT2D eigenvalue weighted by molar-refractivity contribution is 5.99. The second kappa shape index (κ2) is 15.3. The summed E-state index contributed by atoms with van der Waals surface area (Å²) in [6.45, 7) is 6.43. The molecule has 0 saturated carbocycles. The molecule has 0 fully saturated rings. The van der Waals surface area contributed by atoms with Gasteiger partial charge in [0.2, 0.25) is 0 Å². The minimum Gasteiger partial charge on any atom is -0.494 e. The fourth-order valence-corrected chi connectivity index (χ4v) is 3.92. The van der Waals surface area contributed by atoms with E-state index >= 15 is 0 Å². The van der Waals surface area contributed by atoms with Crippen molar-refractivity contribution >= 4 is 33.8 Å². The molecule has 0 bridgehead atoms. The van der Waals surface area contributed by atoms with Gasteiger partial charge in [-0.1, -0.05) is 69.4 Å². The predicted octanol–water partition coefficient (Wildman–Crippen LogP) is 9.54. The van der Waals surface area contributed by atoms with Gasteiger partial charge in [-0.05, 0) is 56.2 Å². The predicted molar refractivity (Wildman–Crippen MR) is 148 cm³/mol. The lowest BCUT2D eigenvalue weighted by atomic mass is 10.1. The number of benzene rings is 3. The molecule has 0 amide bonds. The van der Waals surface area contributed by atoms with E-state index in [1.807, 2.05) is 54.6 Å². The van der Waals surface area contributed by atoms with Crippen molar-refractivity contribution < 1.29 is 14.3 Å². The third-order valence-electron chi connectivity index (χ3n) is 6.00. The molecule has 0 heterocycles. The fourth-order valence-electron chi connectivity index (χ4n) is 3.92. The standard InChI is InChI=1S/C30H36N4O3/c1-23(2)30(35)37-22-12-8-6-4-3-5-7-11-21-36-25-17-15-24(16-18-25)33-34-29-20-19-28(32-31)26-13-9-10-14-27(26)29/h9-10,13-20,31H,1,3-8,11-12,21-22H2,2H3/b32-31?,34-33+. The number of fused-ring (bicyclic) bond motifs is 1. The van der Waals surface area contributed by atoms with E-state index in [9.17, 15) is 4.79 Å². The monoisotopic (exact) mass is 500 g/mol. The number of azo groups is 1. The molecule has 3 rings (SSSR count). The molecule has 0 aliphatic carbocycles. The zero-order valence-electron chi connectivity index (χ0n) is 21.6. The lowest BCUT2D eigenvalue weighted by Gasteiger charge is -2.07. The maximum absolute atomic E-state index is 11.3. The summed E-state index contributed by atoms with van der Waals surface area (Å²) in [5.41, 5.74) is 9.91. The molecule has 0 aliphatic rings. The number of nitrogens with one attached hydrogen (secondary N) is 1. The zero-order valence-corrected chi connectivity index (χ0v) is 21.6. The number of nitrogens with zero attached hydrogens (tertiary/aromatic N) is 3. The quantitative estimate of drug-likeness (QED) is 0.0917. The normalized spacial score (nSPS) is 11.1. The SMILES string of the molecule is C=C(C)C(=O)OCCCCCCCCCCOc1ccc(/N=N/c2ccc(N=N)c3ccccc23)cc1. The number of carbonyl (C=O) groups is 1. The number of unbranched alkanes of at least 4 members (excludes halogenated alkanes) is 7. The van der Waals surface area contributed by atoms with Crippen LogP contribution in [0.2, 0.25) is 0 Å². The maximum Gasteiger partial charge on any atom is 0.333 e. The van der Waals surface area contributed by atoms with Crippen molar-refractivity contribution in [2.45, 2.75) is 58.3 Å². The van der Waals surface area contributed by atoms with E-state index in [2.05, 4.69) is 21.9 Å². The third-order valence-corrected chi connectivity index (χ3v) is 6.00. The van der Waals surface area contributed by atoms with Crippen LogP contribution in [0.3, 0.4) is 0 Å². The average Bonchev–Trinajstić information content (AvgIpc) is 2.92. The van der Waals surface area contributed by atoms with Gasteiger partial charge in [0.25, 0.3) is 0 Å². The first-order valence-corrected chi connectivity index (χ1v) is 12.9. The highest BCUT2D eigenvalue weighted by Crippen LogP contribution is 2.34. The van der Waals surface area contributed by atoms with E-state index in [4.69, 9.17) is 15.0 Å². The second-order valence-corrected chi connectivity index (χ2v) is 9.05. The molecule has 0 saturated heterocycles. The van der Waals surface area contributed by atoms with Gasteiger partial charge in [-0.3, -0.25) is 0 Å². The Kier molecular flexibility index (Phi) is 11.5. The van der Waals surface area contributed by atoms with Crippen molar-refractivity contribution in [3.63, 3.8) is 0 Å². The fraction of sp³-hybridized carbons (Fsp3) is 0.367. The van der Waals surface area contributed by atoms with Crippen LogP contribution in [0.1, 0.15) is 58.3 Å². The van der Waals surface area contributed by atoms with Gasteiger partial charge >= 0.3 is 5.97 Å². The van der Waals surface area contributed by atoms with Gasteiger partial charge in [0, 0.05) is 16.3 Å². The zero-order chi connectivity index (χ0) is 26.3. The molecule has 0 aromatic heterocycles. The van der Waals surface area contributed by atoms with E-state index in [-0.39, 0.29) is 5.97 Å². The number of hydrogen-bond donors (Lipinski definition) is 1. The Morgan fingerprint density at radius 1 is 0.757 bits per heavy atom. The maximum atomic E-state index is 11.3.